The molecule has 2 amide bonds. The Morgan fingerprint density at radius 1 is 1.06 bits per heavy atom. The Bertz CT molecular complexity index is 1320. The number of hydrogen-bond donors (Lipinski definition) is 2. The maximum Gasteiger partial charge on any atom is 0.411 e. The number of hydrogen-bond acceptors (Lipinski definition) is 5. The van der Waals surface area contributed by atoms with Crippen LogP contribution in [0.1, 0.15) is 15.9 Å². The summed E-state index contributed by atoms with van der Waals surface area (Å²) in [5, 5.41) is 5.43. The van der Waals surface area contributed by atoms with Gasteiger partial charge < -0.3 is 14.8 Å². The third kappa shape index (κ3) is 4.77. The molecule has 2 aromatic carbocycles. The van der Waals surface area contributed by atoms with Crippen molar-refractivity contribution in [2.24, 2.45) is 0 Å². The van der Waals surface area contributed by atoms with Crippen LogP contribution in [0, 0.1) is 5.82 Å². The second-order valence-corrected chi connectivity index (χ2v) is 7.13. The highest BCUT2D eigenvalue weighted by atomic mass is 19.1. The highest BCUT2D eigenvalue weighted by molar-refractivity contribution is 5.94. The van der Waals surface area contributed by atoms with Crippen molar-refractivity contribution in [2.45, 2.75) is 6.54 Å². The second kappa shape index (κ2) is 9.39. The number of methoxy groups -OCH3 is 2. The van der Waals surface area contributed by atoms with Crippen molar-refractivity contribution in [1.82, 2.24) is 14.7 Å². The average molecular weight is 448 g/mol. The lowest BCUT2D eigenvalue weighted by atomic mass is 10.1. The van der Waals surface area contributed by atoms with Gasteiger partial charge in [0.1, 0.15) is 5.65 Å². The Balaban J connectivity index is 1.52. The van der Waals surface area contributed by atoms with Gasteiger partial charge in [0.2, 0.25) is 0 Å². The molecule has 4 aromatic rings. The molecule has 0 aliphatic rings. The summed E-state index contributed by atoms with van der Waals surface area (Å²) in [7, 11) is 2.69. The van der Waals surface area contributed by atoms with Gasteiger partial charge in [0.15, 0.2) is 11.6 Å². The standard InChI is InChI=1S/C24H21FN4O4/c1-32-21-11-15(3-9-19(21)25)12-27-23(30)17-6-10-22-26-13-20(29(22)14-17)16-4-7-18(8-5-16)28-24(31)33-2/h3-11,13-14H,12H2,1-2H3,(H,27,30)(H,28,31). The number of aromatic nitrogens is 2. The zero-order valence-corrected chi connectivity index (χ0v) is 18.0. The summed E-state index contributed by atoms with van der Waals surface area (Å²) in [6.07, 6.45) is 2.87. The fraction of sp³-hybridized carbons (Fsp3) is 0.125. The zero-order chi connectivity index (χ0) is 23.4. The molecule has 0 aliphatic carbocycles. The van der Waals surface area contributed by atoms with Gasteiger partial charge in [0, 0.05) is 24.0 Å². The number of carbonyl (C=O) groups excluding carboxylic acids is 2. The summed E-state index contributed by atoms with van der Waals surface area (Å²) in [6, 6.07) is 15.1. The topological polar surface area (TPSA) is 94.0 Å². The van der Waals surface area contributed by atoms with Gasteiger partial charge in [-0.1, -0.05) is 18.2 Å². The van der Waals surface area contributed by atoms with E-state index in [1.165, 1.54) is 20.3 Å². The molecule has 0 saturated carbocycles. The number of nitrogens with zero attached hydrogens (tertiary/aromatic N) is 2. The first kappa shape index (κ1) is 21.8. The Hall–Kier alpha value is -4.40. The second-order valence-electron chi connectivity index (χ2n) is 7.13. The Kier molecular flexibility index (Phi) is 6.21. The molecule has 0 spiro atoms. The largest absolute Gasteiger partial charge is 0.494 e. The van der Waals surface area contributed by atoms with E-state index in [0.29, 0.717) is 22.5 Å². The Morgan fingerprint density at radius 2 is 1.85 bits per heavy atom. The SMILES string of the molecule is COC(=O)Nc1ccc(-c2cnc3ccc(C(=O)NCc4ccc(F)c(OC)c4)cn23)cc1. The Morgan fingerprint density at radius 3 is 2.58 bits per heavy atom. The Labute approximate surface area is 189 Å². The van der Waals surface area contributed by atoms with Crippen LogP contribution in [0.4, 0.5) is 14.9 Å². The van der Waals surface area contributed by atoms with Crippen LogP contribution in [-0.2, 0) is 11.3 Å². The van der Waals surface area contributed by atoms with Gasteiger partial charge in [0.05, 0.1) is 31.7 Å². The van der Waals surface area contributed by atoms with Crippen LogP contribution in [0.5, 0.6) is 5.75 Å². The molecular weight excluding hydrogens is 427 g/mol. The van der Waals surface area contributed by atoms with Gasteiger partial charge in [-0.15, -0.1) is 0 Å². The zero-order valence-electron chi connectivity index (χ0n) is 18.0. The van der Waals surface area contributed by atoms with E-state index in [2.05, 4.69) is 20.4 Å². The van der Waals surface area contributed by atoms with Crippen molar-refractivity contribution < 1.29 is 23.5 Å². The van der Waals surface area contributed by atoms with Crippen molar-refractivity contribution in [3.05, 3.63) is 83.9 Å². The van der Waals surface area contributed by atoms with E-state index in [4.69, 9.17) is 4.74 Å². The highest BCUT2D eigenvalue weighted by Gasteiger charge is 2.12. The lowest BCUT2D eigenvalue weighted by Gasteiger charge is -2.09. The number of imidazole rings is 1. The van der Waals surface area contributed by atoms with E-state index in [1.807, 2.05) is 16.5 Å². The number of pyridine rings is 1. The lowest BCUT2D eigenvalue weighted by Crippen LogP contribution is -2.23. The van der Waals surface area contributed by atoms with Crippen molar-refractivity contribution >= 4 is 23.3 Å². The minimum atomic E-state index is -0.549. The van der Waals surface area contributed by atoms with Crippen molar-refractivity contribution in [2.75, 3.05) is 19.5 Å². The number of halogens is 1. The summed E-state index contributed by atoms with van der Waals surface area (Å²) < 4.78 is 25.0. The van der Waals surface area contributed by atoms with Crippen molar-refractivity contribution in [3.8, 4) is 17.0 Å². The molecule has 168 valence electrons. The first-order chi connectivity index (χ1) is 16.0. The molecule has 0 bridgehead atoms. The van der Waals surface area contributed by atoms with Gasteiger partial charge in [-0.25, -0.2) is 14.2 Å². The number of benzene rings is 2. The van der Waals surface area contributed by atoms with E-state index in [-0.39, 0.29) is 18.2 Å². The van der Waals surface area contributed by atoms with Gasteiger partial charge >= 0.3 is 6.09 Å². The van der Waals surface area contributed by atoms with E-state index >= 15 is 0 Å². The molecule has 2 N–H and O–H groups in total. The van der Waals surface area contributed by atoms with Crippen LogP contribution < -0.4 is 15.4 Å². The number of rotatable bonds is 6. The van der Waals surface area contributed by atoms with E-state index in [0.717, 1.165) is 11.3 Å². The van der Waals surface area contributed by atoms with E-state index in [1.54, 1.807) is 48.8 Å². The van der Waals surface area contributed by atoms with Crippen LogP contribution in [0.3, 0.4) is 0 Å². The summed E-state index contributed by atoms with van der Waals surface area (Å²) >= 11 is 0. The minimum Gasteiger partial charge on any atom is -0.494 e. The average Bonchev–Trinajstić information content (AvgIpc) is 3.27. The first-order valence-electron chi connectivity index (χ1n) is 10.0. The molecule has 2 aromatic heterocycles. The fourth-order valence-electron chi connectivity index (χ4n) is 3.32. The van der Waals surface area contributed by atoms with Gasteiger partial charge in [-0.2, -0.15) is 0 Å². The molecule has 4 rings (SSSR count). The predicted molar refractivity (Wildman–Crippen MR) is 121 cm³/mol. The number of ether oxygens (including phenoxy) is 2. The molecule has 0 unspecified atom stereocenters. The molecule has 0 fully saturated rings. The summed E-state index contributed by atoms with van der Waals surface area (Å²) in [4.78, 5) is 28.5. The maximum absolute atomic E-state index is 13.6. The van der Waals surface area contributed by atoms with Crippen molar-refractivity contribution in [3.63, 3.8) is 0 Å². The van der Waals surface area contributed by atoms with Crippen LogP contribution >= 0.6 is 0 Å². The summed E-state index contributed by atoms with van der Waals surface area (Å²) in [6.45, 7) is 0.221. The maximum atomic E-state index is 13.6. The number of nitrogens with one attached hydrogen (secondary N) is 2. The highest BCUT2D eigenvalue weighted by Crippen LogP contribution is 2.23. The van der Waals surface area contributed by atoms with Gasteiger partial charge in [0.25, 0.3) is 5.91 Å². The molecule has 8 nitrogen and oxygen atoms in total. The van der Waals surface area contributed by atoms with Gasteiger partial charge in [-0.05, 0) is 42.0 Å². The summed E-state index contributed by atoms with van der Waals surface area (Å²) in [5.41, 5.74) is 4.08. The number of amides is 2. The molecule has 2 heterocycles. The molecule has 0 saturated heterocycles. The normalized spacial score (nSPS) is 10.6. The van der Waals surface area contributed by atoms with Crippen molar-refractivity contribution in [1.29, 1.82) is 0 Å². The number of fused-ring (bicyclic) bond motifs is 1. The molecular formula is C24H21FN4O4. The lowest BCUT2D eigenvalue weighted by molar-refractivity contribution is 0.0950. The molecule has 0 atom stereocenters. The van der Waals surface area contributed by atoms with Crippen LogP contribution in [0.25, 0.3) is 16.9 Å². The van der Waals surface area contributed by atoms with E-state index in [9.17, 15) is 14.0 Å². The monoisotopic (exact) mass is 448 g/mol. The molecule has 9 heteroatoms. The van der Waals surface area contributed by atoms with Gasteiger partial charge in [-0.3, -0.25) is 14.5 Å². The summed E-state index contributed by atoms with van der Waals surface area (Å²) in [5.74, 6) is -0.615. The quantitative estimate of drug-likeness (QED) is 0.460. The van der Waals surface area contributed by atoms with E-state index < -0.39 is 11.9 Å². The van der Waals surface area contributed by atoms with Crippen LogP contribution in [0.2, 0.25) is 0 Å². The smallest absolute Gasteiger partial charge is 0.411 e. The van der Waals surface area contributed by atoms with Crippen LogP contribution in [0.15, 0.2) is 67.0 Å². The molecule has 33 heavy (non-hydrogen) atoms. The third-order valence-corrected chi connectivity index (χ3v) is 5.05. The number of anilines is 1. The predicted octanol–water partition coefficient (Wildman–Crippen LogP) is 4.26. The molecule has 0 radical (unpaired) electrons. The third-order valence-electron chi connectivity index (χ3n) is 5.05. The minimum absolute atomic E-state index is 0.124. The first-order valence-corrected chi connectivity index (χ1v) is 10.0. The fourth-order valence-corrected chi connectivity index (χ4v) is 3.32. The van der Waals surface area contributed by atoms with Crippen LogP contribution in [-0.4, -0.2) is 35.6 Å². The molecule has 0 aliphatic heterocycles. The number of carbonyl (C=O) groups is 2.